The number of hydrogen-bond donors (Lipinski definition) is 1. The fourth-order valence-corrected chi connectivity index (χ4v) is 5.67. The summed E-state index contributed by atoms with van der Waals surface area (Å²) in [7, 11) is 1.40. The molecule has 2 heterocycles. The normalized spacial score (nSPS) is 12.8. The average molecular weight is 491 g/mol. The molecular weight excluding hydrogens is 468 g/mol. The number of thiophene rings is 1. The van der Waals surface area contributed by atoms with Crippen molar-refractivity contribution in [3.63, 3.8) is 0 Å². The zero-order valence-corrected chi connectivity index (χ0v) is 19.8. The van der Waals surface area contributed by atoms with Gasteiger partial charge in [-0.05, 0) is 43.4 Å². The standard InChI is InChI=1S/C25H22N4O5S/c1-34-16-11-12-18(19(13-16)29(32)33)26-21(30)14-28-23(15-7-3-2-4-8-15)27-24-22(25(28)31)17-9-5-6-10-20(17)35-24/h2-4,7-8,11-13H,5-6,9-10,14H2,1H3,(H,26,30). The predicted octanol–water partition coefficient (Wildman–Crippen LogP) is 4.56. The summed E-state index contributed by atoms with van der Waals surface area (Å²) in [6.07, 6.45) is 3.85. The molecule has 0 fully saturated rings. The second-order valence-electron chi connectivity index (χ2n) is 8.27. The van der Waals surface area contributed by atoms with E-state index >= 15 is 0 Å². The van der Waals surface area contributed by atoms with Crippen molar-refractivity contribution >= 4 is 38.8 Å². The molecule has 10 heteroatoms. The number of methoxy groups -OCH3 is 1. The molecule has 0 atom stereocenters. The molecule has 178 valence electrons. The van der Waals surface area contributed by atoms with Gasteiger partial charge in [0.2, 0.25) is 5.91 Å². The van der Waals surface area contributed by atoms with Crippen LogP contribution in [0.2, 0.25) is 0 Å². The first kappa shape index (κ1) is 22.7. The van der Waals surface area contributed by atoms with Crippen LogP contribution in [0.4, 0.5) is 11.4 Å². The van der Waals surface area contributed by atoms with Crippen molar-refractivity contribution in [1.82, 2.24) is 9.55 Å². The number of nitro groups is 1. The van der Waals surface area contributed by atoms with E-state index < -0.39 is 10.8 Å². The van der Waals surface area contributed by atoms with Crippen LogP contribution >= 0.6 is 11.3 Å². The molecule has 0 radical (unpaired) electrons. The Morgan fingerprint density at radius 2 is 1.97 bits per heavy atom. The van der Waals surface area contributed by atoms with Gasteiger partial charge in [0.1, 0.15) is 28.6 Å². The molecule has 0 aliphatic heterocycles. The van der Waals surface area contributed by atoms with Crippen LogP contribution in [0.3, 0.4) is 0 Å². The third-order valence-electron chi connectivity index (χ3n) is 6.08. The maximum Gasteiger partial charge on any atom is 0.296 e. The molecule has 0 unspecified atom stereocenters. The van der Waals surface area contributed by atoms with Gasteiger partial charge >= 0.3 is 0 Å². The number of nitrogens with one attached hydrogen (secondary N) is 1. The number of aromatic nitrogens is 2. The molecule has 0 spiro atoms. The van der Waals surface area contributed by atoms with Crippen molar-refractivity contribution in [2.75, 3.05) is 12.4 Å². The minimum atomic E-state index is -0.592. The highest BCUT2D eigenvalue weighted by Crippen LogP contribution is 2.35. The SMILES string of the molecule is COc1ccc(NC(=O)Cn2c(-c3ccccc3)nc3sc4c(c3c2=O)CCCC4)c([N+](=O)[O-])c1. The van der Waals surface area contributed by atoms with E-state index in [0.717, 1.165) is 31.2 Å². The van der Waals surface area contributed by atoms with Gasteiger partial charge in [-0.2, -0.15) is 0 Å². The predicted molar refractivity (Wildman–Crippen MR) is 134 cm³/mol. The minimum Gasteiger partial charge on any atom is -0.496 e. The number of rotatable bonds is 6. The Morgan fingerprint density at radius 1 is 1.20 bits per heavy atom. The number of ether oxygens (including phenoxy) is 1. The van der Waals surface area contributed by atoms with Crippen LogP contribution in [-0.4, -0.2) is 27.5 Å². The first-order chi connectivity index (χ1) is 17.0. The van der Waals surface area contributed by atoms with E-state index in [-0.39, 0.29) is 23.5 Å². The summed E-state index contributed by atoms with van der Waals surface area (Å²) in [4.78, 5) is 44.4. The van der Waals surface area contributed by atoms with Gasteiger partial charge < -0.3 is 10.1 Å². The lowest BCUT2D eigenvalue weighted by molar-refractivity contribution is -0.384. The van der Waals surface area contributed by atoms with Gasteiger partial charge in [0.25, 0.3) is 11.2 Å². The number of fused-ring (bicyclic) bond motifs is 3. The van der Waals surface area contributed by atoms with E-state index in [1.807, 2.05) is 30.3 Å². The van der Waals surface area contributed by atoms with Gasteiger partial charge in [0.05, 0.1) is 23.5 Å². The summed E-state index contributed by atoms with van der Waals surface area (Å²) < 4.78 is 6.41. The van der Waals surface area contributed by atoms with Crippen molar-refractivity contribution in [2.24, 2.45) is 0 Å². The highest BCUT2D eigenvalue weighted by Gasteiger charge is 2.24. The summed E-state index contributed by atoms with van der Waals surface area (Å²) in [5.41, 5.74) is 1.20. The largest absolute Gasteiger partial charge is 0.496 e. The smallest absolute Gasteiger partial charge is 0.296 e. The monoisotopic (exact) mass is 490 g/mol. The van der Waals surface area contributed by atoms with Crippen molar-refractivity contribution in [3.8, 4) is 17.1 Å². The lowest BCUT2D eigenvalue weighted by Gasteiger charge is -2.14. The van der Waals surface area contributed by atoms with Gasteiger partial charge in [-0.3, -0.25) is 24.3 Å². The maximum absolute atomic E-state index is 13.7. The molecule has 0 saturated carbocycles. The molecule has 2 aromatic heterocycles. The van der Waals surface area contributed by atoms with E-state index in [4.69, 9.17) is 9.72 Å². The number of carbonyl (C=O) groups excluding carboxylic acids is 1. The fraction of sp³-hybridized carbons (Fsp3) is 0.240. The van der Waals surface area contributed by atoms with Gasteiger partial charge in [-0.25, -0.2) is 4.98 Å². The molecule has 5 rings (SSSR count). The zero-order valence-electron chi connectivity index (χ0n) is 18.9. The number of hydrogen-bond acceptors (Lipinski definition) is 7. The van der Waals surface area contributed by atoms with E-state index in [2.05, 4.69) is 5.32 Å². The van der Waals surface area contributed by atoms with Gasteiger partial charge in [0.15, 0.2) is 0 Å². The maximum atomic E-state index is 13.7. The molecule has 1 amide bonds. The quantitative estimate of drug-likeness (QED) is 0.313. The molecule has 1 aliphatic rings. The van der Waals surface area contributed by atoms with Gasteiger partial charge in [0, 0.05) is 10.4 Å². The van der Waals surface area contributed by atoms with Crippen LogP contribution in [-0.2, 0) is 24.2 Å². The molecule has 0 bridgehead atoms. The van der Waals surface area contributed by atoms with Crippen LogP contribution in [0.1, 0.15) is 23.3 Å². The van der Waals surface area contributed by atoms with Crippen LogP contribution in [0.5, 0.6) is 5.75 Å². The number of nitrogens with zero attached hydrogens (tertiary/aromatic N) is 3. The Kier molecular flexibility index (Phi) is 6.04. The van der Waals surface area contributed by atoms with E-state index in [9.17, 15) is 19.7 Å². The number of benzene rings is 2. The van der Waals surface area contributed by atoms with Crippen LogP contribution in [0.25, 0.3) is 21.6 Å². The molecule has 4 aromatic rings. The van der Waals surface area contributed by atoms with Crippen molar-refractivity contribution in [3.05, 3.63) is 79.4 Å². The fourth-order valence-electron chi connectivity index (χ4n) is 4.42. The molecule has 9 nitrogen and oxygen atoms in total. The third-order valence-corrected chi connectivity index (χ3v) is 7.27. The summed E-state index contributed by atoms with van der Waals surface area (Å²) in [6.45, 7) is -0.334. The molecular formula is C25H22N4O5S. The summed E-state index contributed by atoms with van der Waals surface area (Å²) >= 11 is 1.55. The first-order valence-corrected chi connectivity index (χ1v) is 12.0. The van der Waals surface area contributed by atoms with Gasteiger partial charge in [-0.1, -0.05) is 30.3 Å². The number of amides is 1. The summed E-state index contributed by atoms with van der Waals surface area (Å²) in [6, 6.07) is 13.4. The zero-order chi connectivity index (χ0) is 24.5. The van der Waals surface area contributed by atoms with Crippen molar-refractivity contribution in [1.29, 1.82) is 0 Å². The Balaban J connectivity index is 1.58. The molecule has 1 N–H and O–H groups in total. The Hall–Kier alpha value is -4.05. The molecule has 2 aromatic carbocycles. The topological polar surface area (TPSA) is 116 Å². The highest BCUT2D eigenvalue weighted by atomic mass is 32.1. The van der Waals surface area contributed by atoms with Crippen molar-refractivity contribution < 1.29 is 14.5 Å². The second kappa shape index (κ2) is 9.30. The second-order valence-corrected chi connectivity index (χ2v) is 9.36. The summed E-state index contributed by atoms with van der Waals surface area (Å²) in [5, 5.41) is 14.7. The lowest BCUT2D eigenvalue weighted by Crippen LogP contribution is -2.30. The molecule has 35 heavy (non-hydrogen) atoms. The van der Waals surface area contributed by atoms with Crippen molar-refractivity contribution in [2.45, 2.75) is 32.2 Å². The minimum absolute atomic E-state index is 0.0251. The summed E-state index contributed by atoms with van der Waals surface area (Å²) in [5.74, 6) is 0.123. The van der Waals surface area contributed by atoms with Gasteiger partial charge in [-0.15, -0.1) is 11.3 Å². The Labute approximate surface area is 204 Å². The van der Waals surface area contributed by atoms with Crippen LogP contribution in [0.15, 0.2) is 53.3 Å². The number of aryl methyl sites for hydroxylation is 2. The number of carbonyl (C=O) groups is 1. The van der Waals surface area contributed by atoms with Crippen LogP contribution in [0, 0.1) is 10.1 Å². The first-order valence-electron chi connectivity index (χ1n) is 11.2. The molecule has 0 saturated heterocycles. The van der Waals surface area contributed by atoms with Crippen LogP contribution < -0.4 is 15.6 Å². The Morgan fingerprint density at radius 3 is 2.71 bits per heavy atom. The highest BCUT2D eigenvalue weighted by molar-refractivity contribution is 7.18. The number of anilines is 1. The van der Waals surface area contributed by atoms with E-state index in [0.29, 0.717) is 27.4 Å². The van der Waals surface area contributed by atoms with E-state index in [1.165, 1.54) is 34.8 Å². The number of nitro benzene ring substituents is 1. The third kappa shape index (κ3) is 4.28. The Bertz CT molecular complexity index is 1510. The average Bonchev–Trinajstić information content (AvgIpc) is 3.25. The molecule has 1 aliphatic carbocycles. The lowest BCUT2D eigenvalue weighted by atomic mass is 9.97. The van der Waals surface area contributed by atoms with E-state index in [1.54, 1.807) is 11.3 Å².